The Balaban J connectivity index is 1.89. The molecule has 2 aliphatic heterocycles. The molecule has 0 saturated carbocycles. The summed E-state index contributed by atoms with van der Waals surface area (Å²) in [7, 11) is 0. The van der Waals surface area contributed by atoms with Crippen molar-refractivity contribution >= 4 is 0 Å². The van der Waals surface area contributed by atoms with Crippen molar-refractivity contribution in [2.24, 2.45) is 5.73 Å². The van der Waals surface area contributed by atoms with E-state index >= 15 is 0 Å². The van der Waals surface area contributed by atoms with Crippen molar-refractivity contribution in [3.05, 3.63) is 0 Å². The molecule has 0 aromatic rings. The van der Waals surface area contributed by atoms with Crippen LogP contribution >= 0.6 is 0 Å². The molecule has 3 N–H and O–H groups in total. The first-order valence-electron chi connectivity index (χ1n) is 6.76. The molecule has 2 fully saturated rings. The molecule has 17 heavy (non-hydrogen) atoms. The second-order valence-electron chi connectivity index (χ2n) is 6.04. The van der Waals surface area contributed by atoms with Crippen molar-refractivity contribution in [2.75, 3.05) is 26.3 Å². The van der Waals surface area contributed by atoms with Crippen molar-refractivity contribution in [3.8, 4) is 0 Å². The average molecular weight is 242 g/mol. The molecule has 0 amide bonds. The van der Waals surface area contributed by atoms with E-state index < -0.39 is 0 Å². The van der Waals surface area contributed by atoms with Crippen molar-refractivity contribution in [1.82, 2.24) is 5.32 Å². The molecule has 2 rings (SSSR count). The van der Waals surface area contributed by atoms with Gasteiger partial charge in [0.2, 0.25) is 0 Å². The molecule has 0 aromatic heterocycles. The summed E-state index contributed by atoms with van der Waals surface area (Å²) in [6, 6.07) is 0. The summed E-state index contributed by atoms with van der Waals surface area (Å²) in [6.45, 7) is 7.59. The zero-order valence-corrected chi connectivity index (χ0v) is 11.1. The normalized spacial score (nSPS) is 37.2. The highest BCUT2D eigenvalue weighted by molar-refractivity contribution is 4.98. The fraction of sp³-hybridized carbons (Fsp3) is 1.00. The van der Waals surface area contributed by atoms with Crippen LogP contribution < -0.4 is 11.1 Å². The molecule has 2 heterocycles. The van der Waals surface area contributed by atoms with Crippen LogP contribution in [0.25, 0.3) is 0 Å². The van der Waals surface area contributed by atoms with E-state index in [-0.39, 0.29) is 11.1 Å². The zero-order chi connectivity index (χ0) is 12.4. The van der Waals surface area contributed by atoms with Crippen LogP contribution in [0.3, 0.4) is 0 Å². The fourth-order valence-corrected chi connectivity index (χ4v) is 3.01. The summed E-state index contributed by atoms with van der Waals surface area (Å²) in [5, 5.41) is 3.65. The first kappa shape index (κ1) is 13.3. The lowest BCUT2D eigenvalue weighted by Gasteiger charge is -2.45. The molecule has 2 aliphatic rings. The van der Waals surface area contributed by atoms with Gasteiger partial charge in [-0.1, -0.05) is 0 Å². The van der Waals surface area contributed by atoms with Gasteiger partial charge >= 0.3 is 0 Å². The predicted molar refractivity (Wildman–Crippen MR) is 68.0 cm³/mol. The summed E-state index contributed by atoms with van der Waals surface area (Å²) >= 11 is 0. The van der Waals surface area contributed by atoms with Gasteiger partial charge in [-0.3, -0.25) is 0 Å². The number of rotatable bonds is 4. The van der Waals surface area contributed by atoms with Gasteiger partial charge < -0.3 is 20.5 Å². The summed E-state index contributed by atoms with van der Waals surface area (Å²) in [5.41, 5.74) is 5.95. The van der Waals surface area contributed by atoms with Gasteiger partial charge in [0.25, 0.3) is 0 Å². The average Bonchev–Trinajstić information content (AvgIpc) is 2.78. The Morgan fingerprint density at radius 2 is 2.18 bits per heavy atom. The maximum Gasteiger partial charge on any atom is 0.0700 e. The second kappa shape index (κ2) is 5.22. The lowest BCUT2D eigenvalue weighted by atomic mass is 9.81. The van der Waals surface area contributed by atoms with Crippen molar-refractivity contribution in [3.63, 3.8) is 0 Å². The van der Waals surface area contributed by atoms with E-state index in [9.17, 15) is 0 Å². The van der Waals surface area contributed by atoms with Crippen LogP contribution in [0, 0.1) is 0 Å². The van der Waals surface area contributed by atoms with Crippen molar-refractivity contribution in [2.45, 2.75) is 56.8 Å². The predicted octanol–water partition coefficient (Wildman–Crippen LogP) is 1.04. The zero-order valence-electron chi connectivity index (χ0n) is 11.1. The quantitative estimate of drug-likeness (QED) is 0.773. The maximum atomic E-state index is 5.99. The molecule has 0 radical (unpaired) electrons. The molecule has 100 valence electrons. The second-order valence-corrected chi connectivity index (χ2v) is 6.04. The fourth-order valence-electron chi connectivity index (χ4n) is 3.01. The minimum absolute atomic E-state index is 0.0354. The lowest BCUT2D eigenvalue weighted by molar-refractivity contribution is -0.0873. The summed E-state index contributed by atoms with van der Waals surface area (Å²) in [4.78, 5) is 0. The number of hydrogen-bond donors (Lipinski definition) is 2. The first-order chi connectivity index (χ1) is 8.05. The van der Waals surface area contributed by atoms with Crippen LogP contribution in [0.1, 0.15) is 39.5 Å². The highest BCUT2D eigenvalue weighted by Gasteiger charge is 2.40. The van der Waals surface area contributed by atoms with Gasteiger partial charge in [-0.25, -0.2) is 0 Å². The number of nitrogens with one attached hydrogen (secondary N) is 1. The molecular weight excluding hydrogens is 216 g/mol. The van der Waals surface area contributed by atoms with Gasteiger partial charge in [0.05, 0.1) is 11.7 Å². The van der Waals surface area contributed by atoms with Gasteiger partial charge in [-0.15, -0.1) is 0 Å². The van der Waals surface area contributed by atoms with Crippen LogP contribution in [0.15, 0.2) is 0 Å². The SMILES string of the molecule is CC1(C)CC(CN)(NCC2CCCO2)CCO1. The van der Waals surface area contributed by atoms with Crippen molar-refractivity contribution < 1.29 is 9.47 Å². The molecule has 2 atom stereocenters. The van der Waals surface area contributed by atoms with Gasteiger partial charge in [-0.05, 0) is 39.5 Å². The number of ether oxygens (including phenoxy) is 2. The summed E-state index contributed by atoms with van der Waals surface area (Å²) in [5.74, 6) is 0. The number of hydrogen-bond acceptors (Lipinski definition) is 4. The van der Waals surface area contributed by atoms with E-state index in [0.717, 1.165) is 32.6 Å². The minimum Gasteiger partial charge on any atom is -0.377 e. The Labute approximate surface area is 104 Å². The van der Waals surface area contributed by atoms with Gasteiger partial charge in [0.1, 0.15) is 0 Å². The molecular formula is C13H26N2O2. The van der Waals surface area contributed by atoms with Crippen LogP contribution in [0.4, 0.5) is 0 Å². The molecule has 2 saturated heterocycles. The highest BCUT2D eigenvalue weighted by atomic mass is 16.5. The highest BCUT2D eigenvalue weighted by Crippen LogP contribution is 2.31. The third kappa shape index (κ3) is 3.41. The van der Waals surface area contributed by atoms with E-state index in [1.165, 1.54) is 12.8 Å². The molecule has 0 aromatic carbocycles. The maximum absolute atomic E-state index is 5.99. The van der Waals surface area contributed by atoms with Gasteiger partial charge in [0.15, 0.2) is 0 Å². The van der Waals surface area contributed by atoms with Crippen LogP contribution in [0.2, 0.25) is 0 Å². The van der Waals surface area contributed by atoms with Gasteiger partial charge in [0, 0.05) is 31.8 Å². The van der Waals surface area contributed by atoms with Gasteiger partial charge in [-0.2, -0.15) is 0 Å². The monoisotopic (exact) mass is 242 g/mol. The van der Waals surface area contributed by atoms with E-state index in [4.69, 9.17) is 15.2 Å². The molecule has 4 nitrogen and oxygen atoms in total. The topological polar surface area (TPSA) is 56.5 Å². The van der Waals surface area contributed by atoms with Crippen LogP contribution in [0.5, 0.6) is 0 Å². The standard InChI is InChI=1S/C13H26N2O2/c1-12(2)9-13(10-14,5-7-17-12)15-8-11-4-3-6-16-11/h11,15H,3-10,14H2,1-2H3. The molecule has 0 aliphatic carbocycles. The van der Waals surface area contributed by atoms with E-state index in [1.54, 1.807) is 0 Å². The van der Waals surface area contributed by atoms with E-state index in [0.29, 0.717) is 12.6 Å². The molecule has 0 spiro atoms. The Kier molecular flexibility index (Phi) is 4.08. The third-order valence-electron chi connectivity index (χ3n) is 3.96. The minimum atomic E-state index is -0.0683. The van der Waals surface area contributed by atoms with E-state index in [2.05, 4.69) is 19.2 Å². The Morgan fingerprint density at radius 1 is 1.35 bits per heavy atom. The Hall–Kier alpha value is -0.160. The largest absolute Gasteiger partial charge is 0.377 e. The molecule has 2 unspecified atom stereocenters. The smallest absolute Gasteiger partial charge is 0.0700 e. The Morgan fingerprint density at radius 3 is 2.76 bits per heavy atom. The van der Waals surface area contributed by atoms with E-state index in [1.807, 2.05) is 0 Å². The van der Waals surface area contributed by atoms with Crippen molar-refractivity contribution in [1.29, 1.82) is 0 Å². The lowest BCUT2D eigenvalue weighted by Crippen LogP contribution is -2.60. The van der Waals surface area contributed by atoms with Crippen LogP contribution in [-0.2, 0) is 9.47 Å². The number of nitrogens with two attached hydrogens (primary N) is 1. The Bertz CT molecular complexity index is 252. The molecule has 4 heteroatoms. The first-order valence-corrected chi connectivity index (χ1v) is 6.76. The molecule has 0 bridgehead atoms. The third-order valence-corrected chi connectivity index (χ3v) is 3.96. The summed E-state index contributed by atoms with van der Waals surface area (Å²) < 4.78 is 11.4. The summed E-state index contributed by atoms with van der Waals surface area (Å²) in [6.07, 6.45) is 4.72. The van der Waals surface area contributed by atoms with Crippen LogP contribution in [-0.4, -0.2) is 43.5 Å².